The second-order valence-corrected chi connectivity index (χ2v) is 6.57. The van der Waals surface area contributed by atoms with Gasteiger partial charge in [-0.3, -0.25) is 4.72 Å². The number of aryl methyl sites for hydroxylation is 1. The molecule has 7 nitrogen and oxygen atoms in total. The van der Waals surface area contributed by atoms with Crippen LogP contribution in [-0.2, 0) is 10.0 Å². The van der Waals surface area contributed by atoms with Crippen molar-refractivity contribution in [2.45, 2.75) is 11.8 Å². The van der Waals surface area contributed by atoms with E-state index in [0.717, 1.165) is 0 Å². The van der Waals surface area contributed by atoms with E-state index in [9.17, 15) is 8.42 Å². The summed E-state index contributed by atoms with van der Waals surface area (Å²) < 4.78 is 32.8. The van der Waals surface area contributed by atoms with Gasteiger partial charge in [0.1, 0.15) is 11.0 Å². The Labute approximate surface area is 138 Å². The Balaban J connectivity index is 1.95. The predicted octanol–water partition coefficient (Wildman–Crippen LogP) is 2.72. The minimum atomic E-state index is -3.89. The van der Waals surface area contributed by atoms with Gasteiger partial charge in [0.2, 0.25) is 11.8 Å². The number of nitriles is 1. The van der Waals surface area contributed by atoms with E-state index in [1.165, 1.54) is 12.1 Å². The lowest BCUT2D eigenvalue weighted by molar-refractivity contribution is 0.533. The third kappa shape index (κ3) is 3.11. The van der Waals surface area contributed by atoms with E-state index in [2.05, 4.69) is 14.9 Å². The molecule has 0 aliphatic rings. The lowest BCUT2D eigenvalue weighted by Crippen LogP contribution is -2.14. The fraction of sp³-hybridized carbons (Fsp3) is 0.0625. The zero-order valence-electron chi connectivity index (χ0n) is 12.6. The highest BCUT2D eigenvalue weighted by atomic mass is 32.2. The molecule has 0 spiro atoms. The van der Waals surface area contributed by atoms with Crippen molar-refractivity contribution in [1.82, 2.24) is 10.2 Å². The lowest BCUT2D eigenvalue weighted by Gasteiger charge is -2.09. The molecule has 8 heteroatoms. The van der Waals surface area contributed by atoms with Crippen LogP contribution in [-0.4, -0.2) is 18.6 Å². The Morgan fingerprint density at radius 2 is 1.92 bits per heavy atom. The predicted molar refractivity (Wildman–Crippen MR) is 86.4 cm³/mol. The summed E-state index contributed by atoms with van der Waals surface area (Å²) in [7, 11) is -3.89. The maximum Gasteiger partial charge on any atom is 0.263 e. The van der Waals surface area contributed by atoms with Gasteiger partial charge in [0.25, 0.3) is 10.0 Å². The normalized spacial score (nSPS) is 11.0. The summed E-state index contributed by atoms with van der Waals surface area (Å²) in [6.07, 6.45) is 0. The molecule has 1 N–H and O–H groups in total. The molecule has 3 rings (SSSR count). The van der Waals surface area contributed by atoms with Crippen LogP contribution < -0.4 is 4.72 Å². The van der Waals surface area contributed by atoms with E-state index in [1.54, 1.807) is 43.3 Å². The van der Waals surface area contributed by atoms with Crippen LogP contribution in [0.15, 0.2) is 57.8 Å². The molecular formula is C16H12N4O3S. The molecule has 0 aliphatic heterocycles. The number of rotatable bonds is 4. The maximum absolute atomic E-state index is 12.5. The maximum atomic E-state index is 12.5. The molecule has 0 amide bonds. The van der Waals surface area contributed by atoms with Gasteiger partial charge < -0.3 is 4.42 Å². The van der Waals surface area contributed by atoms with Crippen molar-refractivity contribution in [3.63, 3.8) is 0 Å². The second kappa shape index (κ2) is 6.14. The Hall–Kier alpha value is -3.18. The smallest absolute Gasteiger partial charge is 0.263 e. The molecule has 0 saturated carbocycles. The highest BCUT2D eigenvalue weighted by molar-refractivity contribution is 7.92. The van der Waals surface area contributed by atoms with Gasteiger partial charge >= 0.3 is 0 Å². The molecule has 0 atom stereocenters. The Morgan fingerprint density at radius 3 is 2.62 bits per heavy atom. The average molecular weight is 340 g/mol. The fourth-order valence-electron chi connectivity index (χ4n) is 2.13. The van der Waals surface area contributed by atoms with Crippen LogP contribution in [0.25, 0.3) is 11.5 Å². The van der Waals surface area contributed by atoms with Crippen molar-refractivity contribution in [1.29, 1.82) is 5.26 Å². The Bertz CT molecular complexity index is 1040. The average Bonchev–Trinajstić information content (AvgIpc) is 3.01. The van der Waals surface area contributed by atoms with Crippen molar-refractivity contribution in [3.8, 4) is 17.5 Å². The van der Waals surface area contributed by atoms with Crippen LogP contribution in [0.1, 0.15) is 11.5 Å². The van der Waals surface area contributed by atoms with E-state index in [4.69, 9.17) is 9.68 Å². The van der Waals surface area contributed by atoms with E-state index in [1.807, 2.05) is 6.07 Å². The van der Waals surface area contributed by atoms with Gasteiger partial charge in [-0.15, -0.1) is 10.2 Å². The van der Waals surface area contributed by atoms with E-state index < -0.39 is 10.0 Å². The van der Waals surface area contributed by atoms with Gasteiger partial charge in [0, 0.05) is 18.2 Å². The topological polar surface area (TPSA) is 109 Å². The molecule has 2 aromatic carbocycles. The molecule has 0 radical (unpaired) electrons. The van der Waals surface area contributed by atoms with Crippen molar-refractivity contribution < 1.29 is 12.8 Å². The first-order valence-corrected chi connectivity index (χ1v) is 8.40. The highest BCUT2D eigenvalue weighted by Crippen LogP contribution is 2.24. The number of nitrogens with zero attached hydrogens (tertiary/aromatic N) is 3. The van der Waals surface area contributed by atoms with Crippen molar-refractivity contribution in [2.75, 3.05) is 4.72 Å². The number of hydrogen-bond donors (Lipinski definition) is 1. The summed E-state index contributed by atoms with van der Waals surface area (Å²) in [6.45, 7) is 1.67. The molecule has 0 aliphatic carbocycles. The van der Waals surface area contributed by atoms with Crippen molar-refractivity contribution in [3.05, 3.63) is 60.0 Å². The Kier molecular flexibility index (Phi) is 4.02. The number of sulfonamides is 1. The van der Waals surface area contributed by atoms with Crippen LogP contribution in [0.2, 0.25) is 0 Å². The van der Waals surface area contributed by atoms with Crippen LogP contribution in [0, 0.1) is 18.3 Å². The van der Waals surface area contributed by atoms with E-state index in [-0.39, 0.29) is 10.5 Å². The SMILES string of the molecule is Cc1nnc(-c2cccc(NS(=O)(=O)c3ccccc3C#N)c2)o1. The highest BCUT2D eigenvalue weighted by Gasteiger charge is 2.18. The molecule has 0 bridgehead atoms. The summed E-state index contributed by atoms with van der Waals surface area (Å²) in [6, 6.07) is 14.5. The molecule has 24 heavy (non-hydrogen) atoms. The first-order valence-electron chi connectivity index (χ1n) is 6.92. The lowest BCUT2D eigenvalue weighted by atomic mass is 10.2. The van der Waals surface area contributed by atoms with Gasteiger partial charge in [-0.1, -0.05) is 18.2 Å². The van der Waals surface area contributed by atoms with E-state index >= 15 is 0 Å². The van der Waals surface area contributed by atoms with Gasteiger partial charge in [0.15, 0.2) is 0 Å². The molecule has 0 unspecified atom stereocenters. The first kappa shape index (κ1) is 15.7. The standard InChI is InChI=1S/C16H12N4O3S/c1-11-18-19-16(23-11)12-6-4-7-14(9-12)20-24(21,22)15-8-3-2-5-13(15)10-17/h2-9,20H,1H3. The van der Waals surface area contributed by atoms with Crippen LogP contribution in [0.4, 0.5) is 5.69 Å². The Morgan fingerprint density at radius 1 is 1.12 bits per heavy atom. The molecule has 0 saturated heterocycles. The molecule has 120 valence electrons. The molecule has 0 fully saturated rings. The van der Waals surface area contributed by atoms with Crippen LogP contribution >= 0.6 is 0 Å². The summed E-state index contributed by atoms with van der Waals surface area (Å²) >= 11 is 0. The van der Waals surface area contributed by atoms with Crippen LogP contribution in [0.3, 0.4) is 0 Å². The molecule has 3 aromatic rings. The summed E-state index contributed by atoms with van der Waals surface area (Å²) in [4.78, 5) is -0.0773. The van der Waals surface area contributed by atoms with Crippen molar-refractivity contribution in [2.24, 2.45) is 0 Å². The minimum absolute atomic E-state index is 0.0773. The van der Waals surface area contributed by atoms with Gasteiger partial charge in [-0.2, -0.15) is 5.26 Å². The zero-order valence-corrected chi connectivity index (χ0v) is 13.4. The molecule has 1 aromatic heterocycles. The zero-order chi connectivity index (χ0) is 17.2. The summed E-state index contributed by atoms with van der Waals surface area (Å²) in [5.41, 5.74) is 0.995. The van der Waals surface area contributed by atoms with Crippen LogP contribution in [0.5, 0.6) is 0 Å². The van der Waals surface area contributed by atoms with Gasteiger partial charge in [0.05, 0.1) is 5.56 Å². The summed E-state index contributed by atoms with van der Waals surface area (Å²) in [5, 5.41) is 16.7. The van der Waals surface area contributed by atoms with E-state index in [0.29, 0.717) is 23.0 Å². The van der Waals surface area contributed by atoms with Gasteiger partial charge in [-0.05, 0) is 30.3 Å². The first-order chi connectivity index (χ1) is 11.5. The number of aromatic nitrogens is 2. The third-order valence-electron chi connectivity index (χ3n) is 3.18. The summed E-state index contributed by atoms with van der Waals surface area (Å²) in [5.74, 6) is 0.713. The van der Waals surface area contributed by atoms with Gasteiger partial charge in [-0.25, -0.2) is 8.42 Å². The number of hydrogen-bond acceptors (Lipinski definition) is 6. The monoisotopic (exact) mass is 340 g/mol. The minimum Gasteiger partial charge on any atom is -0.421 e. The third-order valence-corrected chi connectivity index (χ3v) is 4.62. The largest absolute Gasteiger partial charge is 0.421 e. The second-order valence-electron chi connectivity index (χ2n) is 4.92. The number of anilines is 1. The number of nitrogens with one attached hydrogen (secondary N) is 1. The number of benzene rings is 2. The molecular weight excluding hydrogens is 328 g/mol. The van der Waals surface area contributed by atoms with Crippen molar-refractivity contribution >= 4 is 15.7 Å². The quantitative estimate of drug-likeness (QED) is 0.782. The fourth-order valence-corrected chi connectivity index (χ4v) is 3.34. The molecule has 1 heterocycles.